The number of rotatable bonds is 4. The van der Waals surface area contributed by atoms with E-state index < -0.39 is 0 Å². The van der Waals surface area contributed by atoms with E-state index in [0.717, 1.165) is 18.4 Å². The van der Waals surface area contributed by atoms with Crippen LogP contribution >= 0.6 is 0 Å². The molecule has 2 nitrogen and oxygen atoms in total. The van der Waals surface area contributed by atoms with E-state index in [0.29, 0.717) is 5.75 Å². The van der Waals surface area contributed by atoms with E-state index in [4.69, 9.17) is 0 Å². The molecule has 0 fully saturated rings. The minimum Gasteiger partial charge on any atom is -0.508 e. The van der Waals surface area contributed by atoms with Crippen LogP contribution in [0.5, 0.6) is 5.75 Å². The minimum atomic E-state index is -0.252. The highest BCUT2D eigenvalue weighted by Crippen LogP contribution is 2.17. The van der Waals surface area contributed by atoms with Gasteiger partial charge in [0.15, 0.2) is 0 Å². The maximum absolute atomic E-state index is 9.59. The zero-order valence-electron chi connectivity index (χ0n) is 8.77. The van der Waals surface area contributed by atoms with Crippen LogP contribution in [-0.4, -0.2) is 16.3 Å². The Hall–Kier alpha value is -1.02. The van der Waals surface area contributed by atoms with Gasteiger partial charge in [0.25, 0.3) is 0 Å². The SMILES string of the molecule is CCC(O)C(C)Cc1cccc(O)c1. The summed E-state index contributed by atoms with van der Waals surface area (Å²) in [4.78, 5) is 0. The Morgan fingerprint density at radius 1 is 1.36 bits per heavy atom. The number of hydrogen-bond donors (Lipinski definition) is 2. The molecule has 0 spiro atoms. The molecule has 2 heteroatoms. The monoisotopic (exact) mass is 194 g/mol. The van der Waals surface area contributed by atoms with Crippen molar-refractivity contribution in [1.82, 2.24) is 0 Å². The number of aromatic hydroxyl groups is 1. The normalized spacial score (nSPS) is 15.1. The maximum Gasteiger partial charge on any atom is 0.115 e. The molecule has 2 unspecified atom stereocenters. The van der Waals surface area contributed by atoms with Crippen LogP contribution in [0.1, 0.15) is 25.8 Å². The highest BCUT2D eigenvalue weighted by atomic mass is 16.3. The van der Waals surface area contributed by atoms with Crippen molar-refractivity contribution >= 4 is 0 Å². The van der Waals surface area contributed by atoms with Crippen molar-refractivity contribution in [2.24, 2.45) is 5.92 Å². The maximum atomic E-state index is 9.59. The second-order valence-corrected chi connectivity index (χ2v) is 3.83. The van der Waals surface area contributed by atoms with Crippen molar-refractivity contribution in [2.75, 3.05) is 0 Å². The van der Waals surface area contributed by atoms with Gasteiger partial charge >= 0.3 is 0 Å². The third-order valence-corrected chi connectivity index (χ3v) is 2.54. The van der Waals surface area contributed by atoms with Crippen molar-refractivity contribution < 1.29 is 10.2 Å². The molecule has 1 aromatic rings. The molecule has 2 N–H and O–H groups in total. The Morgan fingerprint density at radius 3 is 2.64 bits per heavy atom. The second kappa shape index (κ2) is 5.01. The lowest BCUT2D eigenvalue weighted by atomic mass is 9.94. The molecule has 78 valence electrons. The first-order valence-electron chi connectivity index (χ1n) is 5.09. The van der Waals surface area contributed by atoms with Crippen LogP contribution in [0.2, 0.25) is 0 Å². The summed E-state index contributed by atoms with van der Waals surface area (Å²) in [6, 6.07) is 7.21. The predicted octanol–water partition coefficient (Wildman–Crippen LogP) is 2.34. The summed E-state index contributed by atoms with van der Waals surface area (Å²) in [5.74, 6) is 0.530. The largest absolute Gasteiger partial charge is 0.508 e. The molecule has 14 heavy (non-hydrogen) atoms. The highest BCUT2D eigenvalue weighted by Gasteiger charge is 2.12. The smallest absolute Gasteiger partial charge is 0.115 e. The fourth-order valence-electron chi connectivity index (χ4n) is 1.59. The lowest BCUT2D eigenvalue weighted by Crippen LogP contribution is -2.18. The average Bonchev–Trinajstić information content (AvgIpc) is 2.16. The molecule has 0 aromatic heterocycles. The van der Waals surface area contributed by atoms with E-state index in [1.54, 1.807) is 12.1 Å². The first kappa shape index (κ1) is 11.1. The number of phenolic OH excluding ortho intramolecular Hbond substituents is 1. The summed E-state index contributed by atoms with van der Waals surface area (Å²) >= 11 is 0. The second-order valence-electron chi connectivity index (χ2n) is 3.83. The molecule has 0 radical (unpaired) electrons. The Morgan fingerprint density at radius 2 is 2.07 bits per heavy atom. The summed E-state index contributed by atoms with van der Waals surface area (Å²) in [6.45, 7) is 4.00. The van der Waals surface area contributed by atoms with Gasteiger partial charge in [-0.2, -0.15) is 0 Å². The quantitative estimate of drug-likeness (QED) is 0.772. The van der Waals surface area contributed by atoms with Gasteiger partial charge in [-0.1, -0.05) is 26.0 Å². The van der Waals surface area contributed by atoms with Crippen LogP contribution in [0.25, 0.3) is 0 Å². The number of aliphatic hydroxyl groups excluding tert-OH is 1. The molecule has 0 aliphatic carbocycles. The molecule has 0 amide bonds. The molecule has 0 aliphatic heterocycles. The van der Waals surface area contributed by atoms with Gasteiger partial charge in [0.2, 0.25) is 0 Å². The van der Waals surface area contributed by atoms with E-state index in [1.165, 1.54) is 0 Å². The van der Waals surface area contributed by atoms with Crippen molar-refractivity contribution in [3.63, 3.8) is 0 Å². The molecule has 0 bridgehead atoms. The molecule has 1 aromatic carbocycles. The Kier molecular flexibility index (Phi) is 3.96. The fraction of sp³-hybridized carbons (Fsp3) is 0.500. The zero-order valence-corrected chi connectivity index (χ0v) is 8.77. The van der Waals surface area contributed by atoms with Gasteiger partial charge in [-0.05, 0) is 36.5 Å². The van der Waals surface area contributed by atoms with Gasteiger partial charge in [-0.25, -0.2) is 0 Å². The molecule has 0 saturated carbocycles. The van der Waals surface area contributed by atoms with Crippen LogP contribution < -0.4 is 0 Å². The van der Waals surface area contributed by atoms with Gasteiger partial charge in [0.05, 0.1) is 6.10 Å². The number of benzene rings is 1. The molecule has 2 atom stereocenters. The van der Waals surface area contributed by atoms with Crippen LogP contribution in [0.15, 0.2) is 24.3 Å². The third-order valence-electron chi connectivity index (χ3n) is 2.54. The minimum absolute atomic E-state index is 0.238. The average molecular weight is 194 g/mol. The van der Waals surface area contributed by atoms with Crippen molar-refractivity contribution in [1.29, 1.82) is 0 Å². The van der Waals surface area contributed by atoms with Crippen LogP contribution in [0.3, 0.4) is 0 Å². The van der Waals surface area contributed by atoms with Gasteiger partial charge < -0.3 is 10.2 Å². The standard InChI is InChI=1S/C12H18O2/c1-3-12(14)9(2)7-10-5-4-6-11(13)8-10/h4-6,8-9,12-14H,3,7H2,1-2H3. The van der Waals surface area contributed by atoms with Crippen molar-refractivity contribution in [3.05, 3.63) is 29.8 Å². The Balaban J connectivity index is 2.60. The summed E-state index contributed by atoms with van der Waals surface area (Å²) in [7, 11) is 0. The molecule has 1 rings (SSSR count). The first-order chi connectivity index (χ1) is 6.63. The van der Waals surface area contributed by atoms with Gasteiger partial charge in [0, 0.05) is 0 Å². The van der Waals surface area contributed by atoms with Crippen LogP contribution in [0, 0.1) is 5.92 Å². The van der Waals surface area contributed by atoms with Gasteiger partial charge in [0.1, 0.15) is 5.75 Å². The Bertz CT molecular complexity index is 283. The number of phenols is 1. The lowest BCUT2D eigenvalue weighted by Gasteiger charge is -2.17. The summed E-state index contributed by atoms with van der Waals surface area (Å²) in [6.07, 6.45) is 1.33. The topological polar surface area (TPSA) is 40.5 Å². The number of aliphatic hydroxyl groups is 1. The summed E-state index contributed by atoms with van der Waals surface area (Å²) < 4.78 is 0. The molecular weight excluding hydrogens is 176 g/mol. The van der Waals surface area contributed by atoms with Crippen molar-refractivity contribution in [3.8, 4) is 5.75 Å². The lowest BCUT2D eigenvalue weighted by molar-refractivity contribution is 0.112. The van der Waals surface area contributed by atoms with E-state index >= 15 is 0 Å². The number of hydrogen-bond acceptors (Lipinski definition) is 2. The Labute approximate surface area is 85.2 Å². The summed E-state index contributed by atoms with van der Waals surface area (Å²) in [5, 5.41) is 18.9. The fourth-order valence-corrected chi connectivity index (χ4v) is 1.59. The van der Waals surface area contributed by atoms with E-state index in [-0.39, 0.29) is 12.0 Å². The van der Waals surface area contributed by atoms with Gasteiger partial charge in [-0.3, -0.25) is 0 Å². The predicted molar refractivity (Wildman–Crippen MR) is 57.3 cm³/mol. The molecular formula is C12H18O2. The molecule has 0 aliphatic rings. The van der Waals surface area contributed by atoms with E-state index in [1.807, 2.05) is 26.0 Å². The summed E-state index contributed by atoms with van der Waals surface area (Å²) in [5.41, 5.74) is 1.07. The van der Waals surface area contributed by atoms with Crippen LogP contribution in [0.4, 0.5) is 0 Å². The van der Waals surface area contributed by atoms with E-state index in [2.05, 4.69) is 0 Å². The highest BCUT2D eigenvalue weighted by molar-refractivity contribution is 5.27. The van der Waals surface area contributed by atoms with Gasteiger partial charge in [-0.15, -0.1) is 0 Å². The van der Waals surface area contributed by atoms with E-state index in [9.17, 15) is 10.2 Å². The third kappa shape index (κ3) is 3.04. The van der Waals surface area contributed by atoms with Crippen molar-refractivity contribution in [2.45, 2.75) is 32.8 Å². The molecule has 0 saturated heterocycles. The first-order valence-corrected chi connectivity index (χ1v) is 5.09. The van der Waals surface area contributed by atoms with Crippen LogP contribution in [-0.2, 0) is 6.42 Å². The zero-order chi connectivity index (χ0) is 10.6. The molecule has 0 heterocycles.